The maximum atomic E-state index is 12.5. The van der Waals surface area contributed by atoms with Crippen LogP contribution in [0.25, 0.3) is 0 Å². The predicted molar refractivity (Wildman–Crippen MR) is 75.4 cm³/mol. The van der Waals surface area contributed by atoms with Crippen LogP contribution in [0, 0.1) is 5.92 Å². The van der Waals surface area contributed by atoms with E-state index in [4.69, 9.17) is 5.11 Å². The maximum absolute atomic E-state index is 12.5. The molecule has 0 aromatic heterocycles. The SMILES string of the molecule is CC1CC(C(=O)O)CCN1C(=O)N1CCCSCC1. The summed E-state index contributed by atoms with van der Waals surface area (Å²) in [5, 5.41) is 9.05. The lowest BCUT2D eigenvalue weighted by Crippen LogP contribution is -2.52. The maximum Gasteiger partial charge on any atom is 0.320 e. The van der Waals surface area contributed by atoms with Gasteiger partial charge in [0.15, 0.2) is 0 Å². The Bertz CT molecular complexity index is 343. The minimum Gasteiger partial charge on any atom is -0.481 e. The molecular formula is C13H22N2O3S. The molecule has 5 nitrogen and oxygen atoms in total. The summed E-state index contributed by atoms with van der Waals surface area (Å²) < 4.78 is 0. The van der Waals surface area contributed by atoms with E-state index >= 15 is 0 Å². The Morgan fingerprint density at radius 3 is 2.68 bits per heavy atom. The Kier molecular flexibility index (Phi) is 4.96. The van der Waals surface area contributed by atoms with Crippen LogP contribution in [0.2, 0.25) is 0 Å². The number of carbonyl (C=O) groups excluding carboxylic acids is 1. The fourth-order valence-corrected chi connectivity index (χ4v) is 3.69. The number of nitrogens with zero attached hydrogens (tertiary/aromatic N) is 2. The van der Waals surface area contributed by atoms with Crippen LogP contribution >= 0.6 is 11.8 Å². The number of piperidine rings is 1. The number of thioether (sulfide) groups is 1. The number of likely N-dealkylation sites (tertiary alicyclic amines) is 1. The summed E-state index contributed by atoms with van der Waals surface area (Å²) in [4.78, 5) is 27.3. The number of rotatable bonds is 1. The number of amides is 2. The van der Waals surface area contributed by atoms with Crippen LogP contribution < -0.4 is 0 Å². The van der Waals surface area contributed by atoms with E-state index in [1.54, 1.807) is 0 Å². The largest absolute Gasteiger partial charge is 0.481 e. The van der Waals surface area contributed by atoms with Gasteiger partial charge in [0.2, 0.25) is 0 Å². The van der Waals surface area contributed by atoms with Crippen molar-refractivity contribution in [3.8, 4) is 0 Å². The molecule has 2 aliphatic heterocycles. The van der Waals surface area contributed by atoms with Crippen molar-refractivity contribution in [3.63, 3.8) is 0 Å². The molecule has 1 N–H and O–H groups in total. The lowest BCUT2D eigenvalue weighted by Gasteiger charge is -2.39. The topological polar surface area (TPSA) is 60.9 Å². The summed E-state index contributed by atoms with van der Waals surface area (Å²) in [6.45, 7) is 4.17. The van der Waals surface area contributed by atoms with Gasteiger partial charge in [-0.2, -0.15) is 11.8 Å². The van der Waals surface area contributed by atoms with Crippen molar-refractivity contribution in [1.82, 2.24) is 9.80 Å². The molecule has 2 atom stereocenters. The molecule has 2 amide bonds. The fourth-order valence-electron chi connectivity index (χ4n) is 2.80. The molecule has 2 unspecified atom stereocenters. The van der Waals surface area contributed by atoms with Crippen molar-refractivity contribution in [1.29, 1.82) is 0 Å². The second-order valence-corrected chi connectivity index (χ2v) is 6.56. The highest BCUT2D eigenvalue weighted by molar-refractivity contribution is 7.99. The van der Waals surface area contributed by atoms with Crippen molar-refractivity contribution in [2.24, 2.45) is 5.92 Å². The van der Waals surface area contributed by atoms with Crippen molar-refractivity contribution < 1.29 is 14.7 Å². The summed E-state index contributed by atoms with van der Waals surface area (Å²) in [6.07, 6.45) is 2.20. The summed E-state index contributed by atoms with van der Waals surface area (Å²) in [7, 11) is 0. The third-order valence-electron chi connectivity index (χ3n) is 3.96. The van der Waals surface area contributed by atoms with Gasteiger partial charge in [-0.1, -0.05) is 0 Å². The molecule has 0 spiro atoms. The summed E-state index contributed by atoms with van der Waals surface area (Å²) in [6, 6.07) is 0.122. The Hall–Kier alpha value is -0.910. The minimum atomic E-state index is -0.731. The van der Waals surface area contributed by atoms with E-state index in [9.17, 15) is 9.59 Å². The zero-order valence-electron chi connectivity index (χ0n) is 11.4. The van der Waals surface area contributed by atoms with E-state index in [1.165, 1.54) is 0 Å². The average Bonchev–Trinajstić information content (AvgIpc) is 2.66. The standard InChI is InChI=1S/C13H22N2O3S/c1-10-9-11(12(16)17)3-5-15(10)13(18)14-4-2-7-19-8-6-14/h10-11H,2-9H2,1H3,(H,16,17). The number of carbonyl (C=O) groups is 2. The van der Waals surface area contributed by atoms with Crippen LogP contribution in [0.4, 0.5) is 4.79 Å². The third-order valence-corrected chi connectivity index (χ3v) is 5.01. The number of carboxylic acid groups (broad SMARTS) is 1. The zero-order chi connectivity index (χ0) is 13.8. The molecule has 0 saturated carbocycles. The van der Waals surface area contributed by atoms with Crippen LogP contribution in [-0.4, -0.2) is 64.1 Å². The smallest absolute Gasteiger partial charge is 0.320 e. The molecule has 108 valence electrons. The Morgan fingerprint density at radius 1 is 1.21 bits per heavy atom. The molecule has 0 aliphatic carbocycles. The van der Waals surface area contributed by atoms with Crippen LogP contribution in [0.1, 0.15) is 26.2 Å². The second-order valence-electron chi connectivity index (χ2n) is 5.34. The van der Waals surface area contributed by atoms with Crippen molar-refractivity contribution in [3.05, 3.63) is 0 Å². The van der Waals surface area contributed by atoms with Crippen LogP contribution in [0.3, 0.4) is 0 Å². The van der Waals surface area contributed by atoms with E-state index in [0.717, 1.165) is 31.0 Å². The predicted octanol–water partition coefficient (Wildman–Crippen LogP) is 1.73. The second kappa shape index (κ2) is 6.50. The highest BCUT2D eigenvalue weighted by Gasteiger charge is 2.34. The fraction of sp³-hybridized carbons (Fsp3) is 0.846. The number of aliphatic carboxylic acids is 1. The molecule has 0 aromatic rings. The molecule has 2 heterocycles. The van der Waals surface area contributed by atoms with Crippen molar-refractivity contribution >= 4 is 23.8 Å². The molecular weight excluding hydrogens is 264 g/mol. The first-order valence-corrected chi connectivity index (χ1v) is 8.11. The van der Waals surface area contributed by atoms with Gasteiger partial charge in [0, 0.05) is 31.4 Å². The highest BCUT2D eigenvalue weighted by atomic mass is 32.2. The number of carboxylic acids is 1. The zero-order valence-corrected chi connectivity index (χ0v) is 12.2. The number of urea groups is 1. The van der Waals surface area contributed by atoms with Crippen molar-refractivity contribution in [2.45, 2.75) is 32.2 Å². The van der Waals surface area contributed by atoms with Gasteiger partial charge in [-0.25, -0.2) is 4.79 Å². The Labute approximate surface area is 118 Å². The van der Waals surface area contributed by atoms with Crippen LogP contribution in [-0.2, 0) is 4.79 Å². The molecule has 0 bridgehead atoms. The molecule has 0 aromatic carbocycles. The van der Waals surface area contributed by atoms with Gasteiger partial charge < -0.3 is 14.9 Å². The van der Waals surface area contributed by atoms with Gasteiger partial charge in [-0.15, -0.1) is 0 Å². The van der Waals surface area contributed by atoms with Gasteiger partial charge in [-0.3, -0.25) is 4.79 Å². The number of hydrogen-bond acceptors (Lipinski definition) is 3. The van der Waals surface area contributed by atoms with Crippen LogP contribution in [0.5, 0.6) is 0 Å². The first kappa shape index (κ1) is 14.5. The van der Waals surface area contributed by atoms with Gasteiger partial charge in [0.25, 0.3) is 0 Å². The first-order valence-electron chi connectivity index (χ1n) is 6.95. The summed E-state index contributed by atoms with van der Waals surface area (Å²) in [5.41, 5.74) is 0. The lowest BCUT2D eigenvalue weighted by molar-refractivity contribution is -0.143. The molecule has 2 fully saturated rings. The van der Waals surface area contributed by atoms with Crippen LogP contribution in [0.15, 0.2) is 0 Å². The quantitative estimate of drug-likeness (QED) is 0.797. The summed E-state index contributed by atoms with van der Waals surface area (Å²) >= 11 is 1.90. The summed E-state index contributed by atoms with van der Waals surface area (Å²) in [5.74, 6) is 1.11. The monoisotopic (exact) mass is 286 g/mol. The molecule has 6 heteroatoms. The van der Waals surface area contributed by atoms with Gasteiger partial charge in [0.05, 0.1) is 5.92 Å². The van der Waals surface area contributed by atoms with E-state index in [2.05, 4.69) is 0 Å². The van der Waals surface area contributed by atoms with E-state index in [0.29, 0.717) is 19.4 Å². The van der Waals surface area contributed by atoms with Crippen molar-refractivity contribution in [2.75, 3.05) is 31.1 Å². The van der Waals surface area contributed by atoms with E-state index in [-0.39, 0.29) is 18.0 Å². The average molecular weight is 286 g/mol. The van der Waals surface area contributed by atoms with Gasteiger partial charge in [-0.05, 0) is 31.9 Å². The normalized spacial score (nSPS) is 28.9. The van der Waals surface area contributed by atoms with Gasteiger partial charge >= 0.3 is 12.0 Å². The minimum absolute atomic E-state index is 0.0262. The van der Waals surface area contributed by atoms with E-state index in [1.807, 2.05) is 28.5 Å². The molecule has 0 radical (unpaired) electrons. The Morgan fingerprint density at radius 2 is 2.00 bits per heavy atom. The van der Waals surface area contributed by atoms with E-state index < -0.39 is 5.97 Å². The molecule has 2 rings (SSSR count). The highest BCUT2D eigenvalue weighted by Crippen LogP contribution is 2.24. The Balaban J connectivity index is 1.94. The lowest BCUT2D eigenvalue weighted by atomic mass is 9.92. The number of hydrogen-bond donors (Lipinski definition) is 1. The molecule has 2 saturated heterocycles. The third kappa shape index (κ3) is 3.55. The first-order chi connectivity index (χ1) is 9.09. The molecule has 19 heavy (non-hydrogen) atoms. The molecule has 2 aliphatic rings. The van der Waals surface area contributed by atoms with Gasteiger partial charge in [0.1, 0.15) is 0 Å².